The summed E-state index contributed by atoms with van der Waals surface area (Å²) in [5.41, 5.74) is 5.67. The number of hydrogen-bond donors (Lipinski definition) is 1. The molecule has 1 aromatic rings. The van der Waals surface area contributed by atoms with Crippen LogP contribution < -0.4 is 5.73 Å². The van der Waals surface area contributed by atoms with Gasteiger partial charge in [0.25, 0.3) is 0 Å². The van der Waals surface area contributed by atoms with Crippen LogP contribution >= 0.6 is 11.3 Å². The van der Waals surface area contributed by atoms with Gasteiger partial charge in [0.05, 0.1) is 12.2 Å². The first kappa shape index (κ1) is 13.3. The Morgan fingerprint density at radius 1 is 1.21 bits per heavy atom. The SMILES string of the molecule is Nc1ncc(CN2CCC(OC3CCCC3)CC2)s1. The molecular formula is C14H23N3OS. The van der Waals surface area contributed by atoms with E-state index < -0.39 is 0 Å². The first-order chi connectivity index (χ1) is 9.29. The summed E-state index contributed by atoms with van der Waals surface area (Å²) in [5.74, 6) is 0. The first-order valence-corrected chi connectivity index (χ1v) is 8.19. The molecule has 1 aromatic heterocycles. The lowest BCUT2D eigenvalue weighted by Gasteiger charge is -2.32. The van der Waals surface area contributed by atoms with Crippen LogP contribution in [0, 0.1) is 0 Å². The van der Waals surface area contributed by atoms with Gasteiger partial charge in [-0.15, -0.1) is 11.3 Å². The summed E-state index contributed by atoms with van der Waals surface area (Å²) >= 11 is 1.60. The zero-order valence-corrected chi connectivity index (χ0v) is 12.2. The molecule has 2 fully saturated rings. The Labute approximate surface area is 119 Å². The molecule has 0 radical (unpaired) electrons. The smallest absolute Gasteiger partial charge is 0.180 e. The van der Waals surface area contributed by atoms with E-state index in [-0.39, 0.29) is 0 Å². The highest BCUT2D eigenvalue weighted by Crippen LogP contribution is 2.26. The minimum absolute atomic E-state index is 0.492. The number of hydrogen-bond acceptors (Lipinski definition) is 5. The summed E-state index contributed by atoms with van der Waals surface area (Å²) in [6.45, 7) is 3.26. The van der Waals surface area contributed by atoms with E-state index >= 15 is 0 Å². The quantitative estimate of drug-likeness (QED) is 0.922. The largest absolute Gasteiger partial charge is 0.375 e. The molecule has 2 heterocycles. The van der Waals surface area contributed by atoms with Crippen molar-refractivity contribution >= 4 is 16.5 Å². The van der Waals surface area contributed by atoms with Crippen LogP contribution in [0.5, 0.6) is 0 Å². The van der Waals surface area contributed by atoms with Gasteiger partial charge < -0.3 is 10.5 Å². The van der Waals surface area contributed by atoms with Gasteiger partial charge in [0.15, 0.2) is 5.13 Å². The summed E-state index contributed by atoms with van der Waals surface area (Å²) in [5, 5.41) is 0.675. The van der Waals surface area contributed by atoms with Gasteiger partial charge in [-0.3, -0.25) is 4.90 Å². The van der Waals surface area contributed by atoms with E-state index in [1.165, 1.54) is 43.4 Å². The van der Waals surface area contributed by atoms with E-state index in [2.05, 4.69) is 9.88 Å². The Morgan fingerprint density at radius 2 is 1.89 bits per heavy atom. The van der Waals surface area contributed by atoms with Gasteiger partial charge in [-0.1, -0.05) is 12.8 Å². The number of anilines is 1. The van der Waals surface area contributed by atoms with Crippen molar-refractivity contribution in [3.63, 3.8) is 0 Å². The van der Waals surface area contributed by atoms with Crippen molar-refractivity contribution in [1.82, 2.24) is 9.88 Å². The van der Waals surface area contributed by atoms with Crippen LogP contribution in [0.3, 0.4) is 0 Å². The molecule has 106 valence electrons. The van der Waals surface area contributed by atoms with Gasteiger partial charge in [0, 0.05) is 30.7 Å². The van der Waals surface area contributed by atoms with Crippen molar-refractivity contribution in [2.24, 2.45) is 0 Å². The van der Waals surface area contributed by atoms with E-state index in [4.69, 9.17) is 10.5 Å². The van der Waals surface area contributed by atoms with Crippen LogP contribution in [0.15, 0.2) is 6.20 Å². The van der Waals surface area contributed by atoms with Crippen molar-refractivity contribution < 1.29 is 4.74 Å². The maximum Gasteiger partial charge on any atom is 0.180 e. The van der Waals surface area contributed by atoms with E-state index in [0.29, 0.717) is 17.3 Å². The van der Waals surface area contributed by atoms with Gasteiger partial charge in [-0.2, -0.15) is 0 Å². The molecule has 5 heteroatoms. The summed E-state index contributed by atoms with van der Waals surface area (Å²) in [6.07, 6.45) is 10.6. The molecule has 19 heavy (non-hydrogen) atoms. The van der Waals surface area contributed by atoms with Gasteiger partial charge in [0.2, 0.25) is 0 Å². The van der Waals surface area contributed by atoms with Gasteiger partial charge in [-0.25, -0.2) is 4.98 Å². The maximum atomic E-state index is 6.20. The van der Waals surface area contributed by atoms with Gasteiger partial charge in [-0.05, 0) is 25.7 Å². The second-order valence-electron chi connectivity index (χ2n) is 5.68. The van der Waals surface area contributed by atoms with Crippen LogP contribution in [0.4, 0.5) is 5.13 Å². The minimum atomic E-state index is 0.492. The van der Waals surface area contributed by atoms with Crippen LogP contribution in [0.2, 0.25) is 0 Å². The fourth-order valence-corrected chi connectivity index (χ4v) is 3.84. The maximum absolute atomic E-state index is 6.20. The number of aromatic nitrogens is 1. The number of nitrogens with zero attached hydrogens (tertiary/aromatic N) is 2. The molecule has 2 N–H and O–H groups in total. The molecule has 4 nitrogen and oxygen atoms in total. The molecular weight excluding hydrogens is 258 g/mol. The number of thiazole rings is 1. The second kappa shape index (κ2) is 6.20. The van der Waals surface area contributed by atoms with Crippen LogP contribution in [-0.2, 0) is 11.3 Å². The normalized spacial score (nSPS) is 23.2. The lowest BCUT2D eigenvalue weighted by atomic mass is 10.1. The number of likely N-dealkylation sites (tertiary alicyclic amines) is 1. The Balaban J connectivity index is 1.41. The second-order valence-corrected chi connectivity index (χ2v) is 6.83. The Hall–Kier alpha value is -0.650. The summed E-state index contributed by atoms with van der Waals surface area (Å²) in [7, 11) is 0. The Bertz CT molecular complexity index is 395. The lowest BCUT2D eigenvalue weighted by molar-refractivity contribution is -0.0398. The molecule has 2 aliphatic rings. The van der Waals surface area contributed by atoms with E-state index in [0.717, 1.165) is 19.6 Å². The third kappa shape index (κ3) is 3.68. The van der Waals surface area contributed by atoms with Crippen LogP contribution in [0.25, 0.3) is 0 Å². The van der Waals surface area contributed by atoms with E-state index in [1.807, 2.05) is 6.20 Å². The van der Waals surface area contributed by atoms with Crippen molar-refractivity contribution in [2.45, 2.75) is 57.3 Å². The van der Waals surface area contributed by atoms with Crippen molar-refractivity contribution in [1.29, 1.82) is 0 Å². The first-order valence-electron chi connectivity index (χ1n) is 7.37. The predicted molar refractivity (Wildman–Crippen MR) is 78.2 cm³/mol. The van der Waals surface area contributed by atoms with Crippen LogP contribution in [0.1, 0.15) is 43.4 Å². The van der Waals surface area contributed by atoms with Gasteiger partial charge >= 0.3 is 0 Å². The third-order valence-electron chi connectivity index (χ3n) is 4.17. The minimum Gasteiger partial charge on any atom is -0.375 e. The molecule has 1 saturated heterocycles. The van der Waals surface area contributed by atoms with Crippen molar-refractivity contribution in [3.05, 3.63) is 11.1 Å². The lowest BCUT2D eigenvalue weighted by Crippen LogP contribution is -2.37. The van der Waals surface area contributed by atoms with E-state index in [1.54, 1.807) is 11.3 Å². The average Bonchev–Trinajstić information content (AvgIpc) is 3.04. The predicted octanol–water partition coefficient (Wildman–Crippen LogP) is 2.65. The van der Waals surface area contributed by atoms with Crippen LogP contribution in [-0.4, -0.2) is 35.2 Å². The highest BCUT2D eigenvalue weighted by atomic mass is 32.1. The average molecular weight is 281 g/mol. The third-order valence-corrected chi connectivity index (χ3v) is 4.98. The molecule has 0 bridgehead atoms. The molecule has 3 rings (SSSR count). The van der Waals surface area contributed by atoms with Crippen molar-refractivity contribution in [3.8, 4) is 0 Å². The monoisotopic (exact) mass is 281 g/mol. The Kier molecular flexibility index (Phi) is 4.35. The molecule has 1 aliphatic carbocycles. The fraction of sp³-hybridized carbons (Fsp3) is 0.786. The molecule has 0 aromatic carbocycles. The molecule has 0 atom stereocenters. The van der Waals surface area contributed by atoms with E-state index in [9.17, 15) is 0 Å². The molecule has 1 saturated carbocycles. The highest BCUT2D eigenvalue weighted by molar-refractivity contribution is 7.15. The molecule has 0 spiro atoms. The molecule has 1 aliphatic heterocycles. The number of piperidine rings is 1. The zero-order valence-electron chi connectivity index (χ0n) is 11.4. The number of nitrogen functional groups attached to an aromatic ring is 1. The summed E-state index contributed by atoms with van der Waals surface area (Å²) in [6, 6.07) is 0. The number of rotatable bonds is 4. The summed E-state index contributed by atoms with van der Waals surface area (Å²) in [4.78, 5) is 7.87. The topological polar surface area (TPSA) is 51.4 Å². The summed E-state index contributed by atoms with van der Waals surface area (Å²) < 4.78 is 6.20. The number of ether oxygens (including phenoxy) is 1. The number of nitrogens with two attached hydrogens (primary N) is 1. The molecule has 0 amide bonds. The van der Waals surface area contributed by atoms with Crippen molar-refractivity contribution in [2.75, 3.05) is 18.8 Å². The zero-order chi connectivity index (χ0) is 13.1. The standard InChI is InChI=1S/C14H23N3OS/c15-14-16-9-13(19-14)10-17-7-5-12(6-8-17)18-11-3-1-2-4-11/h9,11-12H,1-8,10H2,(H2,15,16). The highest BCUT2D eigenvalue weighted by Gasteiger charge is 2.24. The fourth-order valence-electron chi connectivity index (χ4n) is 3.12. The Morgan fingerprint density at radius 3 is 2.53 bits per heavy atom. The molecule has 0 unspecified atom stereocenters. The van der Waals surface area contributed by atoms with Gasteiger partial charge in [0.1, 0.15) is 0 Å².